The van der Waals surface area contributed by atoms with Gasteiger partial charge in [0.2, 0.25) is 5.91 Å². The van der Waals surface area contributed by atoms with E-state index in [0.717, 1.165) is 27.5 Å². The zero-order valence-electron chi connectivity index (χ0n) is 9.14. The van der Waals surface area contributed by atoms with Gasteiger partial charge in [-0.3, -0.25) is 4.79 Å². The van der Waals surface area contributed by atoms with Crippen molar-refractivity contribution in [2.45, 2.75) is 6.42 Å². The maximum Gasteiger partial charge on any atom is 0.221 e. The van der Waals surface area contributed by atoms with Crippen molar-refractivity contribution < 1.29 is 9.21 Å². The first kappa shape index (κ1) is 9.90. The Kier molecular flexibility index (Phi) is 2.11. The van der Waals surface area contributed by atoms with Crippen molar-refractivity contribution in [1.29, 1.82) is 0 Å². The van der Waals surface area contributed by atoms with E-state index in [1.165, 1.54) is 0 Å². The zero-order chi connectivity index (χ0) is 11.8. The highest BCUT2D eigenvalue weighted by Gasteiger charge is 2.07. The Labute approximate surface area is 97.8 Å². The van der Waals surface area contributed by atoms with Crippen LogP contribution in [0.3, 0.4) is 0 Å². The van der Waals surface area contributed by atoms with E-state index < -0.39 is 0 Å². The average Bonchev–Trinajstić information content (AvgIpc) is 2.66. The molecule has 2 N–H and O–H groups in total. The molecule has 0 aliphatic heterocycles. The number of carbonyl (C=O) groups is 1. The molecule has 0 fully saturated rings. The monoisotopic (exact) mass is 225 g/mol. The van der Waals surface area contributed by atoms with Crippen LogP contribution in [0.2, 0.25) is 0 Å². The summed E-state index contributed by atoms with van der Waals surface area (Å²) in [5, 5.41) is 2.09. The normalized spacial score (nSPS) is 11.1. The first-order chi connectivity index (χ1) is 8.24. The van der Waals surface area contributed by atoms with Crippen LogP contribution >= 0.6 is 0 Å². The second-order valence-electron chi connectivity index (χ2n) is 4.07. The molecule has 1 heterocycles. The summed E-state index contributed by atoms with van der Waals surface area (Å²) in [6.45, 7) is 0. The summed E-state index contributed by atoms with van der Waals surface area (Å²) in [6.07, 6.45) is 0.259. The van der Waals surface area contributed by atoms with Crippen molar-refractivity contribution in [1.82, 2.24) is 0 Å². The van der Waals surface area contributed by atoms with E-state index in [1.807, 2.05) is 42.5 Å². The number of fused-ring (bicyclic) bond motifs is 3. The summed E-state index contributed by atoms with van der Waals surface area (Å²) in [4.78, 5) is 10.9. The zero-order valence-corrected chi connectivity index (χ0v) is 9.14. The van der Waals surface area contributed by atoms with E-state index in [4.69, 9.17) is 10.2 Å². The summed E-state index contributed by atoms with van der Waals surface area (Å²) in [6, 6.07) is 13.6. The minimum Gasteiger partial charge on any atom is -0.456 e. The lowest BCUT2D eigenvalue weighted by molar-refractivity contribution is -0.117. The Morgan fingerprint density at radius 3 is 2.65 bits per heavy atom. The van der Waals surface area contributed by atoms with Crippen LogP contribution < -0.4 is 5.73 Å². The molecule has 2 aromatic carbocycles. The Hall–Kier alpha value is -2.29. The van der Waals surface area contributed by atoms with Gasteiger partial charge in [0.25, 0.3) is 0 Å². The minimum absolute atomic E-state index is 0.259. The summed E-state index contributed by atoms with van der Waals surface area (Å²) >= 11 is 0. The molecule has 17 heavy (non-hydrogen) atoms. The van der Waals surface area contributed by atoms with Gasteiger partial charge in [-0.15, -0.1) is 0 Å². The Bertz CT molecular complexity index is 712. The number of carbonyl (C=O) groups excluding carboxylic acids is 1. The van der Waals surface area contributed by atoms with Gasteiger partial charge >= 0.3 is 0 Å². The molecule has 84 valence electrons. The molecule has 3 rings (SSSR count). The molecule has 1 amide bonds. The molecule has 0 atom stereocenters. The van der Waals surface area contributed by atoms with Crippen LogP contribution in [0.25, 0.3) is 21.9 Å². The Morgan fingerprint density at radius 2 is 1.82 bits per heavy atom. The van der Waals surface area contributed by atoms with E-state index in [-0.39, 0.29) is 12.3 Å². The number of para-hydroxylation sites is 1. The number of nitrogens with two attached hydrogens (primary N) is 1. The highest BCUT2D eigenvalue weighted by molar-refractivity contribution is 6.05. The number of benzene rings is 2. The number of amides is 1. The van der Waals surface area contributed by atoms with Crippen molar-refractivity contribution in [3.05, 3.63) is 48.0 Å². The molecule has 3 nitrogen and oxygen atoms in total. The first-order valence-electron chi connectivity index (χ1n) is 5.42. The molecule has 0 bridgehead atoms. The van der Waals surface area contributed by atoms with Crippen molar-refractivity contribution in [3.63, 3.8) is 0 Å². The predicted molar refractivity (Wildman–Crippen MR) is 66.6 cm³/mol. The quantitative estimate of drug-likeness (QED) is 0.728. The van der Waals surface area contributed by atoms with Crippen molar-refractivity contribution in [3.8, 4) is 0 Å². The summed E-state index contributed by atoms with van der Waals surface area (Å²) in [5.41, 5.74) is 7.80. The SMILES string of the molecule is NC(=O)Cc1ccc2oc3ccccc3c2c1. The van der Waals surface area contributed by atoms with E-state index in [9.17, 15) is 4.79 Å². The van der Waals surface area contributed by atoms with Crippen LogP contribution in [-0.2, 0) is 11.2 Å². The summed E-state index contributed by atoms with van der Waals surface area (Å²) in [5.74, 6) is -0.322. The fraction of sp³-hybridized carbons (Fsp3) is 0.0714. The molecular weight excluding hydrogens is 214 g/mol. The first-order valence-corrected chi connectivity index (χ1v) is 5.42. The fourth-order valence-electron chi connectivity index (χ4n) is 2.08. The van der Waals surface area contributed by atoms with Gasteiger partial charge in [-0.1, -0.05) is 24.3 Å². The Morgan fingerprint density at radius 1 is 1.06 bits per heavy atom. The number of hydrogen-bond acceptors (Lipinski definition) is 2. The van der Waals surface area contributed by atoms with Crippen LogP contribution in [-0.4, -0.2) is 5.91 Å². The molecular formula is C14H11NO2. The number of furan rings is 1. The lowest BCUT2D eigenvalue weighted by atomic mass is 10.1. The lowest BCUT2D eigenvalue weighted by Crippen LogP contribution is -2.13. The standard InChI is InChI=1S/C14H11NO2/c15-14(16)8-9-5-6-13-11(7-9)10-3-1-2-4-12(10)17-13/h1-7H,8H2,(H2,15,16). The number of rotatable bonds is 2. The van der Waals surface area contributed by atoms with Crippen molar-refractivity contribution in [2.24, 2.45) is 5.73 Å². The second kappa shape index (κ2) is 3.63. The van der Waals surface area contributed by atoms with Gasteiger partial charge in [-0.05, 0) is 23.8 Å². The van der Waals surface area contributed by atoms with Gasteiger partial charge in [0, 0.05) is 10.8 Å². The summed E-state index contributed by atoms with van der Waals surface area (Å²) in [7, 11) is 0. The highest BCUT2D eigenvalue weighted by Crippen LogP contribution is 2.29. The third-order valence-corrected chi connectivity index (χ3v) is 2.82. The Balaban J connectivity index is 2.26. The van der Waals surface area contributed by atoms with E-state index in [0.29, 0.717) is 0 Å². The van der Waals surface area contributed by atoms with Gasteiger partial charge in [-0.2, -0.15) is 0 Å². The van der Waals surface area contributed by atoms with Crippen LogP contribution in [0.1, 0.15) is 5.56 Å². The topological polar surface area (TPSA) is 56.2 Å². The van der Waals surface area contributed by atoms with E-state index in [1.54, 1.807) is 0 Å². The molecule has 0 unspecified atom stereocenters. The molecule has 3 heteroatoms. The van der Waals surface area contributed by atoms with Crippen molar-refractivity contribution in [2.75, 3.05) is 0 Å². The molecule has 0 saturated heterocycles. The second-order valence-corrected chi connectivity index (χ2v) is 4.07. The fourth-order valence-corrected chi connectivity index (χ4v) is 2.08. The molecule has 3 aromatic rings. The third-order valence-electron chi connectivity index (χ3n) is 2.82. The minimum atomic E-state index is -0.322. The largest absolute Gasteiger partial charge is 0.456 e. The van der Waals surface area contributed by atoms with Gasteiger partial charge in [-0.25, -0.2) is 0 Å². The van der Waals surface area contributed by atoms with E-state index in [2.05, 4.69) is 0 Å². The van der Waals surface area contributed by atoms with Crippen LogP contribution in [0, 0.1) is 0 Å². The predicted octanol–water partition coefficient (Wildman–Crippen LogP) is 2.61. The lowest BCUT2D eigenvalue weighted by Gasteiger charge is -1.97. The van der Waals surface area contributed by atoms with Crippen LogP contribution in [0.15, 0.2) is 46.9 Å². The van der Waals surface area contributed by atoms with Gasteiger partial charge in [0.1, 0.15) is 11.2 Å². The molecule has 0 saturated carbocycles. The molecule has 0 aliphatic carbocycles. The maximum absolute atomic E-state index is 10.9. The number of hydrogen-bond donors (Lipinski definition) is 1. The molecule has 0 aliphatic rings. The molecule has 1 aromatic heterocycles. The molecule has 0 spiro atoms. The highest BCUT2D eigenvalue weighted by atomic mass is 16.3. The maximum atomic E-state index is 10.9. The number of primary amides is 1. The molecule has 0 radical (unpaired) electrons. The van der Waals surface area contributed by atoms with Crippen LogP contribution in [0.4, 0.5) is 0 Å². The van der Waals surface area contributed by atoms with Crippen LogP contribution in [0.5, 0.6) is 0 Å². The smallest absolute Gasteiger partial charge is 0.221 e. The van der Waals surface area contributed by atoms with Gasteiger partial charge < -0.3 is 10.2 Å². The van der Waals surface area contributed by atoms with Gasteiger partial charge in [0.05, 0.1) is 6.42 Å². The average molecular weight is 225 g/mol. The summed E-state index contributed by atoms with van der Waals surface area (Å²) < 4.78 is 5.70. The van der Waals surface area contributed by atoms with E-state index >= 15 is 0 Å². The third kappa shape index (κ3) is 1.65. The van der Waals surface area contributed by atoms with Gasteiger partial charge in [0.15, 0.2) is 0 Å². The van der Waals surface area contributed by atoms with Crippen molar-refractivity contribution >= 4 is 27.8 Å².